The zero-order valence-corrected chi connectivity index (χ0v) is 13.3. The summed E-state index contributed by atoms with van der Waals surface area (Å²) in [6.07, 6.45) is 3.32. The first kappa shape index (κ1) is 16.3. The molecule has 6 nitrogen and oxygen atoms in total. The molecule has 3 aromatic rings. The van der Waals surface area contributed by atoms with Crippen molar-refractivity contribution in [3.05, 3.63) is 90.0 Å². The number of aromatic nitrogens is 2. The molecule has 0 aliphatic rings. The Labute approximate surface area is 145 Å². The number of amides is 2. The number of hydrogen-bond donors (Lipinski definition) is 2. The van der Waals surface area contributed by atoms with E-state index in [2.05, 4.69) is 20.6 Å². The predicted octanol–water partition coefficient (Wildman–Crippen LogP) is 2.66. The highest BCUT2D eigenvalue weighted by Gasteiger charge is 2.12. The first-order chi connectivity index (χ1) is 12.2. The average molecular weight is 332 g/mol. The van der Waals surface area contributed by atoms with Crippen LogP contribution < -0.4 is 10.6 Å². The van der Waals surface area contributed by atoms with E-state index in [0.717, 1.165) is 5.56 Å². The topological polar surface area (TPSA) is 84.0 Å². The van der Waals surface area contributed by atoms with Crippen molar-refractivity contribution in [3.8, 4) is 0 Å². The van der Waals surface area contributed by atoms with Crippen molar-refractivity contribution in [2.75, 3.05) is 5.32 Å². The van der Waals surface area contributed by atoms with Gasteiger partial charge in [0.2, 0.25) is 0 Å². The van der Waals surface area contributed by atoms with Crippen molar-refractivity contribution in [2.24, 2.45) is 0 Å². The Bertz CT molecular complexity index is 867. The Hall–Kier alpha value is -3.54. The van der Waals surface area contributed by atoms with Crippen molar-refractivity contribution in [2.45, 2.75) is 6.54 Å². The van der Waals surface area contributed by atoms with Gasteiger partial charge in [-0.1, -0.05) is 24.3 Å². The van der Waals surface area contributed by atoms with E-state index in [0.29, 0.717) is 12.2 Å². The number of benzene rings is 1. The molecule has 0 bridgehead atoms. The lowest BCUT2D eigenvalue weighted by Gasteiger charge is -2.07. The zero-order valence-electron chi connectivity index (χ0n) is 13.3. The molecule has 0 aliphatic carbocycles. The number of para-hydroxylation sites is 1. The lowest BCUT2D eigenvalue weighted by Crippen LogP contribution is -2.25. The molecule has 25 heavy (non-hydrogen) atoms. The van der Waals surface area contributed by atoms with Gasteiger partial charge < -0.3 is 10.6 Å². The summed E-state index contributed by atoms with van der Waals surface area (Å²) in [5, 5.41) is 5.51. The summed E-state index contributed by atoms with van der Waals surface area (Å²) < 4.78 is 0. The van der Waals surface area contributed by atoms with Gasteiger partial charge in [0.1, 0.15) is 11.4 Å². The number of anilines is 1. The Balaban J connectivity index is 1.66. The van der Waals surface area contributed by atoms with Gasteiger partial charge >= 0.3 is 0 Å². The monoisotopic (exact) mass is 332 g/mol. The minimum atomic E-state index is -0.366. The van der Waals surface area contributed by atoms with Crippen molar-refractivity contribution >= 4 is 17.5 Å². The molecule has 0 atom stereocenters. The van der Waals surface area contributed by atoms with Gasteiger partial charge in [-0.05, 0) is 42.0 Å². The molecule has 0 saturated heterocycles. The number of carbonyl (C=O) groups is 2. The third-order valence-electron chi connectivity index (χ3n) is 3.45. The fourth-order valence-electron chi connectivity index (χ4n) is 2.18. The number of nitrogens with zero attached hydrogens (tertiary/aromatic N) is 2. The lowest BCUT2D eigenvalue weighted by molar-refractivity contribution is 0.0945. The molecule has 1 aromatic carbocycles. The fourth-order valence-corrected chi connectivity index (χ4v) is 2.18. The highest BCUT2D eigenvalue weighted by molar-refractivity contribution is 6.03. The molecule has 2 aromatic heterocycles. The molecule has 2 heterocycles. The Morgan fingerprint density at radius 3 is 2.20 bits per heavy atom. The maximum Gasteiger partial charge on any atom is 0.274 e. The second kappa shape index (κ2) is 7.83. The van der Waals surface area contributed by atoms with Crippen LogP contribution in [0.2, 0.25) is 0 Å². The van der Waals surface area contributed by atoms with Crippen molar-refractivity contribution in [1.82, 2.24) is 15.3 Å². The van der Waals surface area contributed by atoms with Crippen LogP contribution in [0.25, 0.3) is 0 Å². The van der Waals surface area contributed by atoms with Crippen LogP contribution in [0.4, 0.5) is 5.69 Å². The summed E-state index contributed by atoms with van der Waals surface area (Å²) in [5.74, 6) is -0.707. The highest BCUT2D eigenvalue weighted by atomic mass is 16.2. The second-order valence-corrected chi connectivity index (χ2v) is 5.27. The van der Waals surface area contributed by atoms with Crippen LogP contribution >= 0.6 is 0 Å². The average Bonchev–Trinajstić information content (AvgIpc) is 2.68. The van der Waals surface area contributed by atoms with Crippen LogP contribution in [0.3, 0.4) is 0 Å². The van der Waals surface area contributed by atoms with E-state index in [1.807, 2.05) is 30.3 Å². The van der Waals surface area contributed by atoms with Crippen LogP contribution in [0.1, 0.15) is 26.5 Å². The summed E-state index contributed by atoms with van der Waals surface area (Å²) in [6, 6.07) is 17.5. The van der Waals surface area contributed by atoms with E-state index < -0.39 is 0 Å². The van der Waals surface area contributed by atoms with E-state index in [1.54, 1.807) is 42.7 Å². The van der Waals surface area contributed by atoms with Crippen molar-refractivity contribution in [1.29, 1.82) is 0 Å². The van der Waals surface area contributed by atoms with E-state index in [1.165, 1.54) is 0 Å². The van der Waals surface area contributed by atoms with Crippen molar-refractivity contribution < 1.29 is 9.59 Å². The number of carbonyl (C=O) groups excluding carboxylic acids is 2. The SMILES string of the molecule is O=C(NCc1ccncc1)c1cccc(C(=O)Nc2ccccc2)n1. The largest absolute Gasteiger partial charge is 0.347 e. The third kappa shape index (κ3) is 4.48. The van der Waals surface area contributed by atoms with Crippen LogP contribution in [-0.2, 0) is 6.54 Å². The first-order valence-corrected chi connectivity index (χ1v) is 7.73. The summed E-state index contributed by atoms with van der Waals surface area (Å²) >= 11 is 0. The van der Waals surface area contributed by atoms with Gasteiger partial charge in [-0.15, -0.1) is 0 Å². The number of nitrogens with one attached hydrogen (secondary N) is 2. The van der Waals surface area contributed by atoms with Crippen LogP contribution in [0.15, 0.2) is 73.1 Å². The van der Waals surface area contributed by atoms with E-state index >= 15 is 0 Å². The second-order valence-electron chi connectivity index (χ2n) is 5.27. The van der Waals surface area contributed by atoms with Gasteiger partial charge in [-0.25, -0.2) is 4.98 Å². The van der Waals surface area contributed by atoms with Gasteiger partial charge in [0.05, 0.1) is 0 Å². The Kier molecular flexibility index (Phi) is 5.11. The minimum absolute atomic E-state index is 0.181. The molecule has 0 radical (unpaired) electrons. The minimum Gasteiger partial charge on any atom is -0.347 e. The van der Waals surface area contributed by atoms with Gasteiger partial charge in [-0.2, -0.15) is 0 Å². The normalized spacial score (nSPS) is 10.1. The van der Waals surface area contributed by atoms with Crippen LogP contribution in [-0.4, -0.2) is 21.8 Å². The number of pyridine rings is 2. The molecule has 0 spiro atoms. The Morgan fingerprint density at radius 2 is 1.48 bits per heavy atom. The highest BCUT2D eigenvalue weighted by Crippen LogP contribution is 2.08. The van der Waals surface area contributed by atoms with Gasteiger partial charge in [0.15, 0.2) is 0 Å². The van der Waals surface area contributed by atoms with Gasteiger partial charge in [0.25, 0.3) is 11.8 Å². The van der Waals surface area contributed by atoms with E-state index in [-0.39, 0.29) is 23.2 Å². The van der Waals surface area contributed by atoms with Crippen molar-refractivity contribution in [3.63, 3.8) is 0 Å². The molecule has 2 amide bonds. The smallest absolute Gasteiger partial charge is 0.274 e. The summed E-state index contributed by atoms with van der Waals surface area (Å²) in [5.41, 5.74) is 1.97. The maximum absolute atomic E-state index is 12.3. The molecule has 0 saturated carbocycles. The Morgan fingerprint density at radius 1 is 0.800 bits per heavy atom. The predicted molar refractivity (Wildman–Crippen MR) is 94.0 cm³/mol. The summed E-state index contributed by atoms with van der Waals surface area (Å²) in [7, 11) is 0. The first-order valence-electron chi connectivity index (χ1n) is 7.73. The number of rotatable bonds is 5. The molecule has 0 aliphatic heterocycles. The zero-order chi connectivity index (χ0) is 17.5. The van der Waals surface area contributed by atoms with E-state index in [9.17, 15) is 9.59 Å². The van der Waals surface area contributed by atoms with Crippen LogP contribution in [0.5, 0.6) is 0 Å². The van der Waals surface area contributed by atoms with Gasteiger partial charge in [0, 0.05) is 24.6 Å². The molecule has 124 valence electrons. The molecule has 0 fully saturated rings. The quantitative estimate of drug-likeness (QED) is 0.752. The molecule has 2 N–H and O–H groups in total. The lowest BCUT2D eigenvalue weighted by atomic mass is 10.2. The van der Waals surface area contributed by atoms with E-state index in [4.69, 9.17) is 0 Å². The van der Waals surface area contributed by atoms with Gasteiger partial charge in [-0.3, -0.25) is 14.6 Å². The standard InChI is InChI=1S/C19H16N4O2/c24-18(21-13-14-9-11-20-12-10-14)16-7-4-8-17(23-16)19(25)22-15-5-2-1-3-6-15/h1-12H,13H2,(H,21,24)(H,22,25). The summed E-state index contributed by atoms with van der Waals surface area (Å²) in [4.78, 5) is 32.6. The molecule has 0 unspecified atom stereocenters. The summed E-state index contributed by atoms with van der Waals surface area (Å²) in [6.45, 7) is 0.365. The molecular formula is C19H16N4O2. The number of hydrogen-bond acceptors (Lipinski definition) is 4. The third-order valence-corrected chi connectivity index (χ3v) is 3.45. The van der Waals surface area contributed by atoms with Crippen LogP contribution in [0, 0.1) is 0 Å². The fraction of sp³-hybridized carbons (Fsp3) is 0.0526. The molecular weight excluding hydrogens is 316 g/mol. The molecule has 6 heteroatoms. The maximum atomic E-state index is 12.3. The molecule has 3 rings (SSSR count).